The Labute approximate surface area is 320 Å². The molecule has 5 atom stereocenters. The van der Waals surface area contributed by atoms with Crippen LogP contribution in [-0.4, -0.2) is 82.5 Å². The summed E-state index contributed by atoms with van der Waals surface area (Å²) in [5, 5.41) is 8.50. The summed E-state index contributed by atoms with van der Waals surface area (Å²) in [4.78, 5) is 64.7. The molecule has 1 aromatic heterocycles. The van der Waals surface area contributed by atoms with Crippen molar-refractivity contribution < 1.29 is 32.3 Å². The Hall–Kier alpha value is -3.98. The second-order valence-electron chi connectivity index (χ2n) is 16.0. The minimum Gasteiger partial charge on any atom is -0.444 e. The van der Waals surface area contributed by atoms with E-state index in [1.54, 1.807) is 4.90 Å². The molecule has 0 spiro atoms. The SMILES string of the molecule is CC[C@H]1CC1(NC(=O)[C@@H]1C[C@@H]2CN1C(=O)[C@H](C1CCCCC1)Nc1nc(cs1)CCC/C=C/c1cccc3c1CN(C3)C(=O)O2)C(=O)NS(=O)(=O)C1CC1. The maximum Gasteiger partial charge on any atom is 0.410 e. The second kappa shape index (κ2) is 14.9. The van der Waals surface area contributed by atoms with Gasteiger partial charge >= 0.3 is 6.09 Å². The fraction of sp³-hybridized carbons (Fsp3) is 0.615. The van der Waals surface area contributed by atoms with E-state index in [2.05, 4.69) is 33.6 Å². The van der Waals surface area contributed by atoms with Gasteiger partial charge in [0.25, 0.3) is 5.91 Å². The molecule has 4 heterocycles. The van der Waals surface area contributed by atoms with Crippen LogP contribution in [0.2, 0.25) is 0 Å². The van der Waals surface area contributed by atoms with Gasteiger partial charge in [0, 0.05) is 18.3 Å². The maximum absolute atomic E-state index is 14.9. The summed E-state index contributed by atoms with van der Waals surface area (Å²) in [5.74, 6) is -1.80. The Morgan fingerprint density at radius 2 is 1.91 bits per heavy atom. The zero-order valence-electron chi connectivity index (χ0n) is 30.8. The molecule has 6 aliphatic rings. The van der Waals surface area contributed by atoms with Crippen molar-refractivity contribution in [1.29, 1.82) is 0 Å². The predicted octanol–water partition coefficient (Wildman–Crippen LogP) is 4.87. The summed E-state index contributed by atoms with van der Waals surface area (Å²) in [6.07, 6.45) is 12.3. The quantitative estimate of drug-likeness (QED) is 0.356. The lowest BCUT2D eigenvalue weighted by atomic mass is 9.83. The Kier molecular flexibility index (Phi) is 10.2. The van der Waals surface area contributed by atoms with Crippen LogP contribution >= 0.6 is 11.3 Å². The molecule has 1 aromatic carbocycles. The number of hydrogen-bond donors (Lipinski definition) is 3. The first-order valence-electron chi connectivity index (χ1n) is 19.7. The summed E-state index contributed by atoms with van der Waals surface area (Å²) in [5.41, 5.74) is 2.76. The number of nitrogens with zero attached hydrogens (tertiary/aromatic N) is 3. The minimum absolute atomic E-state index is 0.0118. The summed E-state index contributed by atoms with van der Waals surface area (Å²) < 4.78 is 33.9. The first-order valence-corrected chi connectivity index (χ1v) is 22.1. The number of nitrogens with one attached hydrogen (secondary N) is 3. The highest BCUT2D eigenvalue weighted by molar-refractivity contribution is 7.91. The number of ether oxygens (including phenoxy) is 1. The number of thiazole rings is 1. The van der Waals surface area contributed by atoms with E-state index in [0.29, 0.717) is 43.9 Å². The van der Waals surface area contributed by atoms with E-state index in [1.807, 2.05) is 24.4 Å². The van der Waals surface area contributed by atoms with E-state index in [4.69, 9.17) is 9.72 Å². The van der Waals surface area contributed by atoms with Crippen molar-refractivity contribution in [2.24, 2.45) is 11.8 Å². The maximum atomic E-state index is 14.9. The number of rotatable bonds is 7. The zero-order valence-corrected chi connectivity index (χ0v) is 32.4. The standard InChI is InChI=1S/C39H50N6O7S2/c1-2-27-19-39(27,36(48)43-54(50,51)30-16-17-30)42-34(46)32-18-29-21-45(32)35(47)33(25-11-6-3-7-12-25)41-37-40-28(23-53-37)15-8-4-5-10-24-13-9-14-26-20-44(22-31(24)26)38(49)52-29/h5,9-10,13-14,23,25,27,29-30,32-33H,2-4,6-8,11-12,15-22H2,1H3,(H,40,41)(H,42,46)(H,43,48)/b10-5+/t27-,29+,32-,33-,39?/m0/s1. The van der Waals surface area contributed by atoms with E-state index in [0.717, 1.165) is 73.8 Å². The van der Waals surface area contributed by atoms with Crippen LogP contribution in [0.1, 0.15) is 106 Å². The molecule has 3 saturated carbocycles. The third-order valence-corrected chi connectivity index (χ3v) is 14.9. The molecule has 1 unspecified atom stereocenters. The normalized spacial score (nSPS) is 29.6. The Balaban J connectivity index is 1.09. The van der Waals surface area contributed by atoms with Crippen LogP contribution in [0.4, 0.5) is 9.93 Å². The van der Waals surface area contributed by atoms with Gasteiger partial charge in [-0.1, -0.05) is 63.0 Å². The average Bonchev–Trinajstić information content (AvgIpc) is 3.98. The minimum atomic E-state index is -3.84. The van der Waals surface area contributed by atoms with Crippen molar-refractivity contribution in [1.82, 2.24) is 24.8 Å². The van der Waals surface area contributed by atoms with Gasteiger partial charge in [0.05, 0.1) is 24.0 Å². The number of carbonyl (C=O) groups excluding carboxylic acids is 4. The fourth-order valence-electron chi connectivity index (χ4n) is 8.88. The topological polar surface area (TPSA) is 167 Å². The Morgan fingerprint density at radius 1 is 1.09 bits per heavy atom. The molecule has 4 amide bonds. The number of sulfonamides is 1. The number of fused-ring (bicyclic) bond motifs is 5. The number of aromatic nitrogens is 1. The zero-order chi connectivity index (χ0) is 37.6. The molecule has 1 saturated heterocycles. The van der Waals surface area contributed by atoms with Gasteiger partial charge in [-0.2, -0.15) is 0 Å². The third-order valence-electron chi connectivity index (χ3n) is 12.3. The Bertz CT molecular complexity index is 1940. The van der Waals surface area contributed by atoms with Crippen molar-refractivity contribution in [2.75, 3.05) is 11.9 Å². The molecule has 15 heteroatoms. The third kappa shape index (κ3) is 7.49. The van der Waals surface area contributed by atoms with Gasteiger partial charge in [-0.15, -0.1) is 11.3 Å². The van der Waals surface area contributed by atoms with Gasteiger partial charge < -0.3 is 20.3 Å². The van der Waals surface area contributed by atoms with Crippen molar-refractivity contribution in [3.63, 3.8) is 0 Å². The smallest absolute Gasteiger partial charge is 0.410 e. The predicted molar refractivity (Wildman–Crippen MR) is 204 cm³/mol. The van der Waals surface area contributed by atoms with Crippen molar-refractivity contribution in [2.45, 2.75) is 132 Å². The molecule has 8 rings (SSSR count). The van der Waals surface area contributed by atoms with Crippen LogP contribution in [0.25, 0.3) is 6.08 Å². The summed E-state index contributed by atoms with van der Waals surface area (Å²) in [6.45, 7) is 2.70. The van der Waals surface area contributed by atoms with Crippen LogP contribution < -0.4 is 15.4 Å². The number of anilines is 1. The average molecular weight is 779 g/mol. The van der Waals surface area contributed by atoms with Crippen molar-refractivity contribution in [3.8, 4) is 0 Å². The molecule has 3 N–H and O–H groups in total. The van der Waals surface area contributed by atoms with Gasteiger partial charge in [-0.25, -0.2) is 18.2 Å². The van der Waals surface area contributed by atoms with E-state index in [-0.39, 0.29) is 30.7 Å². The molecular weight excluding hydrogens is 729 g/mol. The molecule has 0 radical (unpaired) electrons. The number of amides is 4. The molecule has 54 heavy (non-hydrogen) atoms. The molecule has 6 bridgehead atoms. The van der Waals surface area contributed by atoms with Crippen molar-refractivity contribution >= 4 is 56.4 Å². The van der Waals surface area contributed by atoms with Gasteiger partial charge in [-0.05, 0) is 79.9 Å². The lowest BCUT2D eigenvalue weighted by molar-refractivity contribution is -0.141. The van der Waals surface area contributed by atoms with Crippen LogP contribution in [0.3, 0.4) is 0 Å². The highest BCUT2D eigenvalue weighted by atomic mass is 32.2. The molecule has 3 aliphatic carbocycles. The number of carbonyl (C=O) groups is 4. The van der Waals surface area contributed by atoms with E-state index < -0.39 is 56.9 Å². The van der Waals surface area contributed by atoms with Crippen LogP contribution in [-0.2, 0) is 48.7 Å². The molecule has 3 aliphatic heterocycles. The summed E-state index contributed by atoms with van der Waals surface area (Å²) in [7, 11) is -3.84. The summed E-state index contributed by atoms with van der Waals surface area (Å²) in [6, 6.07) is 4.38. The lowest BCUT2D eigenvalue weighted by Gasteiger charge is -2.34. The molecular formula is C39H50N6O7S2. The second-order valence-corrected chi connectivity index (χ2v) is 18.8. The van der Waals surface area contributed by atoms with Gasteiger partial charge in [0.2, 0.25) is 21.8 Å². The summed E-state index contributed by atoms with van der Waals surface area (Å²) >= 11 is 1.47. The van der Waals surface area contributed by atoms with Gasteiger partial charge in [-0.3, -0.25) is 24.0 Å². The molecule has 13 nitrogen and oxygen atoms in total. The highest BCUT2D eigenvalue weighted by Gasteiger charge is 2.62. The molecule has 4 fully saturated rings. The van der Waals surface area contributed by atoms with Crippen LogP contribution in [0.15, 0.2) is 29.7 Å². The van der Waals surface area contributed by atoms with Crippen LogP contribution in [0.5, 0.6) is 0 Å². The highest BCUT2D eigenvalue weighted by Crippen LogP contribution is 2.47. The first kappa shape index (κ1) is 37.0. The monoisotopic (exact) mass is 778 g/mol. The number of hydrogen-bond acceptors (Lipinski definition) is 10. The van der Waals surface area contributed by atoms with E-state index >= 15 is 0 Å². The Morgan fingerprint density at radius 3 is 2.67 bits per heavy atom. The molecule has 290 valence electrons. The van der Waals surface area contributed by atoms with Gasteiger partial charge in [0.1, 0.15) is 23.7 Å². The lowest BCUT2D eigenvalue weighted by Crippen LogP contribution is -2.58. The van der Waals surface area contributed by atoms with Gasteiger partial charge in [0.15, 0.2) is 5.13 Å². The van der Waals surface area contributed by atoms with Crippen LogP contribution in [0, 0.1) is 11.8 Å². The van der Waals surface area contributed by atoms with E-state index in [9.17, 15) is 27.6 Å². The number of allylic oxidation sites excluding steroid dienone is 1. The fourth-order valence-corrected chi connectivity index (χ4v) is 11.0. The number of benzene rings is 1. The molecule has 2 aromatic rings. The number of aryl methyl sites for hydroxylation is 1. The largest absolute Gasteiger partial charge is 0.444 e. The van der Waals surface area contributed by atoms with E-state index in [1.165, 1.54) is 16.2 Å². The van der Waals surface area contributed by atoms with Crippen molar-refractivity contribution in [3.05, 3.63) is 52.0 Å². The first-order chi connectivity index (χ1) is 26.0.